The topological polar surface area (TPSA) is 84.7 Å². The highest BCUT2D eigenvalue weighted by Gasteiger charge is 2.62. The molecule has 0 radical (unpaired) electrons. The number of anilines is 1. The number of ether oxygens (including phenoxy) is 1. The minimum absolute atomic E-state index is 0.0243. The number of hydrogen-bond donors (Lipinski definition) is 2. The number of nitrogens with one attached hydrogen (secondary N) is 1. The normalized spacial score (nSPS) is 32.5. The van der Waals surface area contributed by atoms with E-state index in [0.29, 0.717) is 0 Å². The molecule has 3 atom stereocenters. The smallest absolute Gasteiger partial charge is 0.244 e. The van der Waals surface area contributed by atoms with Gasteiger partial charge in [-0.25, -0.2) is 17.2 Å². The summed E-state index contributed by atoms with van der Waals surface area (Å²) in [7, 11) is -2.68. The molecular weight excluding hydrogens is 328 g/mol. The zero-order chi connectivity index (χ0) is 17.0. The van der Waals surface area contributed by atoms with Crippen LogP contribution in [-0.4, -0.2) is 44.4 Å². The molecule has 0 amide bonds. The standard InChI is InChI=1S/C14H17F2N3O3S/c1-8-18-14(10-5-9(17)3-4-11(10)16)7-22-12(6-15)13(14)23(20,21)19(8)2/h3-5,12-13,18H,1,6-7,17H2,2H3/t12-,13+,14+/m0/s1. The number of nitrogens with zero attached hydrogens (tertiary/aromatic N) is 1. The van der Waals surface area contributed by atoms with E-state index in [-0.39, 0.29) is 23.7 Å². The molecule has 2 heterocycles. The van der Waals surface area contributed by atoms with Crippen molar-refractivity contribution < 1.29 is 21.9 Å². The van der Waals surface area contributed by atoms with Gasteiger partial charge in [-0.3, -0.25) is 4.31 Å². The summed E-state index contributed by atoms with van der Waals surface area (Å²) in [6.45, 7) is 2.45. The van der Waals surface area contributed by atoms with Crippen molar-refractivity contribution in [2.45, 2.75) is 16.9 Å². The summed E-state index contributed by atoms with van der Waals surface area (Å²) in [5.74, 6) is -0.585. The Bertz CT molecular complexity index is 771. The van der Waals surface area contributed by atoms with Gasteiger partial charge < -0.3 is 15.8 Å². The van der Waals surface area contributed by atoms with Crippen LogP contribution in [0, 0.1) is 5.82 Å². The number of fused-ring (bicyclic) bond motifs is 1. The lowest BCUT2D eigenvalue weighted by Crippen LogP contribution is -2.64. The Morgan fingerprint density at radius 2 is 2.26 bits per heavy atom. The van der Waals surface area contributed by atoms with Crippen LogP contribution in [0.5, 0.6) is 0 Å². The SMILES string of the molecule is C=C1N[C@@]2(c3cc(N)ccc3F)CO[C@@H](CF)[C@H]2S(=O)(=O)N1C. The lowest BCUT2D eigenvalue weighted by molar-refractivity contribution is 0.0830. The van der Waals surface area contributed by atoms with Crippen molar-refractivity contribution in [3.8, 4) is 0 Å². The number of sulfonamides is 1. The number of rotatable bonds is 2. The third-order valence-corrected chi connectivity index (χ3v) is 6.75. The van der Waals surface area contributed by atoms with Gasteiger partial charge in [0.1, 0.15) is 35.2 Å². The van der Waals surface area contributed by atoms with E-state index in [2.05, 4.69) is 11.9 Å². The zero-order valence-electron chi connectivity index (χ0n) is 12.4. The predicted molar refractivity (Wildman–Crippen MR) is 81.0 cm³/mol. The van der Waals surface area contributed by atoms with E-state index in [4.69, 9.17) is 10.5 Å². The second-order valence-corrected chi connectivity index (χ2v) is 7.80. The molecular formula is C14H17F2N3O3S. The van der Waals surface area contributed by atoms with E-state index < -0.39 is 39.4 Å². The first kappa shape index (κ1) is 16.0. The minimum Gasteiger partial charge on any atom is -0.399 e. The van der Waals surface area contributed by atoms with E-state index in [9.17, 15) is 17.2 Å². The second kappa shape index (κ2) is 5.07. The highest BCUT2D eigenvalue weighted by Crippen LogP contribution is 2.45. The lowest BCUT2D eigenvalue weighted by Gasteiger charge is -2.45. The molecule has 0 bridgehead atoms. The van der Waals surface area contributed by atoms with Crippen LogP contribution >= 0.6 is 0 Å². The van der Waals surface area contributed by atoms with E-state index in [0.717, 1.165) is 10.4 Å². The molecule has 0 spiro atoms. The van der Waals surface area contributed by atoms with Gasteiger partial charge in [-0.05, 0) is 18.2 Å². The second-order valence-electron chi connectivity index (χ2n) is 5.72. The van der Waals surface area contributed by atoms with Gasteiger partial charge >= 0.3 is 0 Å². The average molecular weight is 345 g/mol. The Hall–Kier alpha value is -1.87. The van der Waals surface area contributed by atoms with Gasteiger partial charge in [-0.2, -0.15) is 0 Å². The maximum absolute atomic E-state index is 14.4. The Kier molecular flexibility index (Phi) is 3.53. The summed E-state index contributed by atoms with van der Waals surface area (Å²) in [6, 6.07) is 3.85. The molecule has 0 unspecified atom stereocenters. The summed E-state index contributed by atoms with van der Waals surface area (Å²) in [5.41, 5.74) is 4.54. The first-order chi connectivity index (χ1) is 10.7. The Morgan fingerprint density at radius 3 is 2.91 bits per heavy atom. The molecule has 2 fully saturated rings. The third-order valence-electron chi connectivity index (χ3n) is 4.42. The predicted octanol–water partition coefficient (Wildman–Crippen LogP) is 0.676. The van der Waals surface area contributed by atoms with E-state index >= 15 is 0 Å². The number of nitrogen functional groups attached to an aromatic ring is 1. The lowest BCUT2D eigenvalue weighted by atomic mass is 9.86. The molecule has 2 aliphatic heterocycles. The van der Waals surface area contributed by atoms with Gasteiger partial charge in [0, 0.05) is 18.3 Å². The fourth-order valence-electron chi connectivity index (χ4n) is 3.25. The summed E-state index contributed by atoms with van der Waals surface area (Å²) < 4.78 is 59.6. The minimum atomic E-state index is -3.99. The van der Waals surface area contributed by atoms with Gasteiger partial charge in [0.05, 0.1) is 6.61 Å². The summed E-state index contributed by atoms with van der Waals surface area (Å²) in [6.07, 6.45) is -1.20. The quantitative estimate of drug-likeness (QED) is 0.770. The number of alkyl halides is 1. The third kappa shape index (κ3) is 2.10. The molecule has 0 saturated carbocycles. The Balaban J connectivity index is 2.26. The van der Waals surface area contributed by atoms with Crippen LogP contribution in [0.25, 0.3) is 0 Å². The van der Waals surface area contributed by atoms with Crippen LogP contribution in [0.3, 0.4) is 0 Å². The molecule has 2 saturated heterocycles. The molecule has 6 nitrogen and oxygen atoms in total. The van der Waals surface area contributed by atoms with E-state index in [1.54, 1.807) is 0 Å². The molecule has 1 aromatic rings. The number of hydrogen-bond acceptors (Lipinski definition) is 5. The fraction of sp³-hybridized carbons (Fsp3) is 0.429. The molecule has 0 aromatic heterocycles. The van der Waals surface area contributed by atoms with Crippen molar-refractivity contribution in [2.24, 2.45) is 0 Å². The summed E-state index contributed by atoms with van der Waals surface area (Å²) >= 11 is 0. The van der Waals surface area contributed by atoms with Crippen molar-refractivity contribution in [2.75, 3.05) is 26.1 Å². The first-order valence-electron chi connectivity index (χ1n) is 6.92. The first-order valence-corrected chi connectivity index (χ1v) is 8.42. The number of nitrogens with two attached hydrogens (primary N) is 1. The Morgan fingerprint density at radius 1 is 1.57 bits per heavy atom. The van der Waals surface area contributed by atoms with Crippen LogP contribution in [0.15, 0.2) is 30.6 Å². The van der Waals surface area contributed by atoms with Crippen LogP contribution in [0.1, 0.15) is 5.56 Å². The van der Waals surface area contributed by atoms with Gasteiger partial charge in [-0.15, -0.1) is 0 Å². The van der Waals surface area contributed by atoms with Crippen LogP contribution in [-0.2, 0) is 20.3 Å². The molecule has 23 heavy (non-hydrogen) atoms. The molecule has 0 aliphatic carbocycles. The van der Waals surface area contributed by atoms with E-state index in [1.165, 1.54) is 19.2 Å². The summed E-state index contributed by atoms with van der Waals surface area (Å²) in [4.78, 5) is 0. The molecule has 3 N–H and O–H groups in total. The molecule has 9 heteroatoms. The number of benzene rings is 1. The van der Waals surface area contributed by atoms with Crippen LogP contribution in [0.2, 0.25) is 0 Å². The van der Waals surface area contributed by atoms with Crippen molar-refractivity contribution >= 4 is 15.7 Å². The fourth-order valence-corrected chi connectivity index (χ4v) is 5.24. The van der Waals surface area contributed by atoms with Crippen molar-refractivity contribution in [1.29, 1.82) is 0 Å². The van der Waals surface area contributed by atoms with Gasteiger partial charge in [0.25, 0.3) is 0 Å². The Labute approximate surface area is 133 Å². The highest BCUT2D eigenvalue weighted by molar-refractivity contribution is 7.90. The van der Waals surface area contributed by atoms with E-state index in [1.807, 2.05) is 0 Å². The van der Waals surface area contributed by atoms with Gasteiger partial charge in [-0.1, -0.05) is 6.58 Å². The van der Waals surface area contributed by atoms with Crippen LogP contribution in [0.4, 0.5) is 14.5 Å². The molecule has 3 rings (SSSR count). The van der Waals surface area contributed by atoms with Gasteiger partial charge in [0.15, 0.2) is 0 Å². The molecule has 2 aliphatic rings. The molecule has 1 aromatic carbocycles. The monoisotopic (exact) mass is 345 g/mol. The molecule has 126 valence electrons. The highest BCUT2D eigenvalue weighted by atomic mass is 32.2. The largest absolute Gasteiger partial charge is 0.399 e. The average Bonchev–Trinajstić information content (AvgIpc) is 2.88. The zero-order valence-corrected chi connectivity index (χ0v) is 13.2. The van der Waals surface area contributed by atoms with Crippen molar-refractivity contribution in [3.63, 3.8) is 0 Å². The maximum atomic E-state index is 14.4. The van der Waals surface area contributed by atoms with Crippen molar-refractivity contribution in [1.82, 2.24) is 9.62 Å². The van der Waals surface area contributed by atoms with Crippen molar-refractivity contribution in [3.05, 3.63) is 42.0 Å². The maximum Gasteiger partial charge on any atom is 0.244 e. The van der Waals surface area contributed by atoms with Gasteiger partial charge in [0.2, 0.25) is 10.0 Å². The number of halogens is 2. The summed E-state index contributed by atoms with van der Waals surface area (Å²) in [5, 5.41) is 1.58. The van der Waals surface area contributed by atoms with Crippen LogP contribution < -0.4 is 11.1 Å².